The highest BCUT2D eigenvalue weighted by atomic mass is 32.3. The van der Waals surface area contributed by atoms with Gasteiger partial charge >= 0.3 is 6.09 Å². The summed E-state index contributed by atoms with van der Waals surface area (Å²) in [7, 11) is -3.12. The first kappa shape index (κ1) is 26.1. The molecule has 0 unspecified atom stereocenters. The third-order valence-corrected chi connectivity index (χ3v) is 9.69. The number of aromatic amines is 1. The summed E-state index contributed by atoms with van der Waals surface area (Å²) in [6.07, 6.45) is 1.41. The predicted octanol–water partition coefficient (Wildman–Crippen LogP) is 4.49. The quantitative estimate of drug-likeness (QED) is 0.319. The molecule has 4 heterocycles. The zero-order chi connectivity index (χ0) is 27.5. The molecular weight excluding hydrogens is 510 g/mol. The first-order valence-electron chi connectivity index (χ1n) is 12.3. The Morgan fingerprint density at radius 3 is 2.61 bits per heavy atom. The molecule has 1 aromatic carbocycles. The van der Waals surface area contributed by atoms with E-state index in [1.54, 1.807) is 27.2 Å². The molecule has 1 fully saturated rings. The van der Waals surface area contributed by atoms with Crippen LogP contribution in [0.4, 0.5) is 16.3 Å². The number of pyridine rings is 1. The second-order valence-corrected chi connectivity index (χ2v) is 12.7. The second-order valence-electron chi connectivity index (χ2n) is 10.8. The zero-order valence-electron chi connectivity index (χ0n) is 21.4. The topological polar surface area (TPSA) is 171 Å². The van der Waals surface area contributed by atoms with Crippen molar-refractivity contribution in [2.24, 2.45) is 0 Å². The number of anilines is 2. The SMILES string of the molecule is CC(C)(C)N1Cc2cc(Nc3nn(C4(CC#N)CCN(C(=O)O)CC4)c4cc[nH]c(=O)c34)ccc2S1(O)O. The number of hydrogen-bond acceptors (Lipinski definition) is 8. The zero-order valence-corrected chi connectivity index (χ0v) is 22.2. The fraction of sp³-hybridized carbons (Fsp3) is 0.440. The van der Waals surface area contributed by atoms with E-state index in [-0.39, 0.29) is 25.1 Å². The number of hydrogen-bond donors (Lipinski definition) is 5. The lowest BCUT2D eigenvalue weighted by Gasteiger charge is -2.44. The number of piperidine rings is 1. The van der Waals surface area contributed by atoms with E-state index in [2.05, 4.69) is 16.4 Å². The highest BCUT2D eigenvalue weighted by molar-refractivity contribution is 8.22. The molecule has 38 heavy (non-hydrogen) atoms. The number of carbonyl (C=O) groups is 1. The van der Waals surface area contributed by atoms with Crippen LogP contribution in [0, 0.1) is 11.3 Å². The number of nitriles is 1. The molecule has 202 valence electrons. The van der Waals surface area contributed by atoms with E-state index in [0.29, 0.717) is 46.7 Å². The van der Waals surface area contributed by atoms with E-state index < -0.39 is 27.9 Å². The summed E-state index contributed by atoms with van der Waals surface area (Å²) in [6.45, 7) is 6.65. The standard InChI is InChI=1S/C25H31N7O5S/c1-24(2,3)31-15-16-14-17(4-5-19(16)38(31,36)37)28-21-20-18(6-11-27-22(20)33)32(29-21)25(7-10-26)8-12-30(13-9-25)23(34)35/h4-6,11,14,36-37H,7-9,12-13,15H2,1-3H3,(H,27,33)(H,28,29)(H,34,35). The number of nitrogens with one attached hydrogen (secondary N) is 2. The Morgan fingerprint density at radius 2 is 1.97 bits per heavy atom. The number of rotatable bonds is 4. The molecular formula is C25H31N7O5S. The van der Waals surface area contributed by atoms with Gasteiger partial charge in [0.15, 0.2) is 5.82 Å². The van der Waals surface area contributed by atoms with Crippen molar-refractivity contribution < 1.29 is 19.0 Å². The van der Waals surface area contributed by atoms with Crippen LogP contribution in [0.3, 0.4) is 0 Å². The van der Waals surface area contributed by atoms with Gasteiger partial charge in [0.1, 0.15) is 5.39 Å². The minimum absolute atomic E-state index is 0.114. The molecule has 5 rings (SSSR count). The van der Waals surface area contributed by atoms with Gasteiger partial charge in [-0.2, -0.15) is 14.7 Å². The molecule has 0 spiro atoms. The van der Waals surface area contributed by atoms with E-state index in [9.17, 15) is 29.1 Å². The Balaban J connectivity index is 1.55. The van der Waals surface area contributed by atoms with Gasteiger partial charge in [0.25, 0.3) is 5.56 Å². The number of aromatic nitrogens is 3. The normalized spacial score (nSPS) is 19.6. The summed E-state index contributed by atoms with van der Waals surface area (Å²) >= 11 is 0. The van der Waals surface area contributed by atoms with E-state index in [1.165, 1.54) is 11.1 Å². The number of nitrogens with zero attached hydrogens (tertiary/aromatic N) is 5. The van der Waals surface area contributed by atoms with Gasteiger partial charge in [0.2, 0.25) is 0 Å². The van der Waals surface area contributed by atoms with Crippen molar-refractivity contribution in [1.29, 1.82) is 5.26 Å². The number of amides is 1. The molecule has 12 nitrogen and oxygen atoms in total. The van der Waals surface area contributed by atoms with Gasteiger partial charge in [-0.05, 0) is 63.4 Å². The van der Waals surface area contributed by atoms with Crippen LogP contribution >= 0.6 is 10.8 Å². The lowest BCUT2D eigenvalue weighted by Crippen LogP contribution is -2.48. The van der Waals surface area contributed by atoms with Crippen molar-refractivity contribution in [1.82, 2.24) is 24.0 Å². The molecule has 5 N–H and O–H groups in total. The van der Waals surface area contributed by atoms with Gasteiger partial charge in [-0.25, -0.2) is 4.79 Å². The van der Waals surface area contributed by atoms with Crippen LogP contribution in [0.1, 0.15) is 45.6 Å². The van der Waals surface area contributed by atoms with Gasteiger partial charge in [-0.3, -0.25) is 18.6 Å². The minimum Gasteiger partial charge on any atom is -0.465 e. The molecule has 13 heteroatoms. The van der Waals surface area contributed by atoms with Gasteiger partial charge in [0, 0.05) is 37.1 Å². The molecule has 0 saturated carbocycles. The molecule has 0 aliphatic carbocycles. The summed E-state index contributed by atoms with van der Waals surface area (Å²) in [5.41, 5.74) is 0.363. The number of likely N-dealkylation sites (tertiary alicyclic amines) is 1. The van der Waals surface area contributed by atoms with Gasteiger partial charge < -0.3 is 20.3 Å². The smallest absolute Gasteiger partial charge is 0.407 e. The number of fused-ring (bicyclic) bond motifs is 2. The number of benzene rings is 1. The van der Waals surface area contributed by atoms with Crippen LogP contribution in [-0.2, 0) is 12.1 Å². The van der Waals surface area contributed by atoms with Crippen LogP contribution in [0.25, 0.3) is 10.9 Å². The third-order valence-electron chi connectivity index (χ3n) is 7.41. The van der Waals surface area contributed by atoms with Crippen LogP contribution < -0.4 is 10.9 Å². The lowest BCUT2D eigenvalue weighted by molar-refractivity contribution is 0.0912. The van der Waals surface area contributed by atoms with Crippen molar-refractivity contribution in [2.45, 2.75) is 62.6 Å². The largest absolute Gasteiger partial charge is 0.465 e. The first-order valence-corrected chi connectivity index (χ1v) is 13.8. The third kappa shape index (κ3) is 4.19. The monoisotopic (exact) mass is 541 g/mol. The Kier molecular flexibility index (Phi) is 6.18. The minimum atomic E-state index is -3.12. The summed E-state index contributed by atoms with van der Waals surface area (Å²) in [5.74, 6) is 0.303. The van der Waals surface area contributed by atoms with Crippen molar-refractivity contribution in [3.05, 3.63) is 46.4 Å². The molecule has 1 saturated heterocycles. The maximum atomic E-state index is 12.9. The maximum absolute atomic E-state index is 12.9. The number of H-pyrrole nitrogens is 1. The first-order chi connectivity index (χ1) is 17.9. The fourth-order valence-corrected chi connectivity index (χ4v) is 7.46. The average Bonchev–Trinajstić information content (AvgIpc) is 3.35. The maximum Gasteiger partial charge on any atom is 0.407 e. The van der Waals surface area contributed by atoms with Crippen molar-refractivity contribution in [3.8, 4) is 6.07 Å². The molecule has 0 radical (unpaired) electrons. The summed E-state index contributed by atoms with van der Waals surface area (Å²) in [5, 5.41) is 27.4. The molecule has 1 amide bonds. The van der Waals surface area contributed by atoms with Crippen LogP contribution in [0.5, 0.6) is 0 Å². The molecule has 0 bridgehead atoms. The second kappa shape index (κ2) is 9.02. The Bertz CT molecular complexity index is 1510. The lowest BCUT2D eigenvalue weighted by atomic mass is 9.85. The van der Waals surface area contributed by atoms with Crippen molar-refractivity contribution in [2.75, 3.05) is 18.4 Å². The molecule has 0 atom stereocenters. The predicted molar refractivity (Wildman–Crippen MR) is 144 cm³/mol. The average molecular weight is 542 g/mol. The van der Waals surface area contributed by atoms with Crippen molar-refractivity contribution >= 4 is 39.3 Å². The number of carboxylic acid groups (broad SMARTS) is 1. The van der Waals surface area contributed by atoms with Gasteiger partial charge in [-0.1, -0.05) is 0 Å². The van der Waals surface area contributed by atoms with Crippen LogP contribution in [0.15, 0.2) is 40.2 Å². The van der Waals surface area contributed by atoms with E-state index in [0.717, 1.165) is 5.56 Å². The summed E-state index contributed by atoms with van der Waals surface area (Å²) in [6, 6.07) is 9.19. The molecule has 3 aromatic rings. The van der Waals surface area contributed by atoms with Gasteiger partial charge in [-0.15, -0.1) is 10.8 Å². The summed E-state index contributed by atoms with van der Waals surface area (Å²) < 4.78 is 25.2. The van der Waals surface area contributed by atoms with Crippen LogP contribution in [0.2, 0.25) is 0 Å². The van der Waals surface area contributed by atoms with E-state index in [4.69, 9.17) is 5.10 Å². The Morgan fingerprint density at radius 1 is 1.26 bits per heavy atom. The van der Waals surface area contributed by atoms with Gasteiger partial charge in [0.05, 0.1) is 28.4 Å². The fourth-order valence-electron chi connectivity index (χ4n) is 5.42. The van der Waals surface area contributed by atoms with E-state index >= 15 is 0 Å². The van der Waals surface area contributed by atoms with E-state index in [1.807, 2.05) is 26.8 Å². The summed E-state index contributed by atoms with van der Waals surface area (Å²) in [4.78, 5) is 28.9. The van der Waals surface area contributed by atoms with Crippen LogP contribution in [-0.4, -0.2) is 62.9 Å². The molecule has 2 aliphatic heterocycles. The highest BCUT2D eigenvalue weighted by Crippen LogP contribution is 2.61. The Hall–Kier alpha value is -3.57. The highest BCUT2D eigenvalue weighted by Gasteiger charge is 2.42. The Labute approximate surface area is 221 Å². The molecule has 2 aliphatic rings. The molecule has 2 aromatic heterocycles. The van der Waals surface area contributed by atoms with Crippen molar-refractivity contribution in [3.63, 3.8) is 0 Å².